The monoisotopic (exact) mass is 390 g/mol. The van der Waals surface area contributed by atoms with Crippen LogP contribution in [0.4, 0.5) is 4.39 Å². The Bertz CT molecular complexity index is 673. The van der Waals surface area contributed by atoms with Crippen LogP contribution in [0.3, 0.4) is 0 Å². The number of carbonyl (C=O) groups is 2. The number of likely N-dealkylation sites (tertiary alicyclic amines) is 1. The minimum atomic E-state index is -0.778. The van der Waals surface area contributed by atoms with Gasteiger partial charge in [0.2, 0.25) is 5.91 Å². The highest BCUT2D eigenvalue weighted by Gasteiger charge is 2.32. The molecule has 2 atom stereocenters. The van der Waals surface area contributed by atoms with Gasteiger partial charge < -0.3 is 10.0 Å². The van der Waals surface area contributed by atoms with Crippen LogP contribution in [0.25, 0.3) is 0 Å². The number of amides is 1. The Morgan fingerprint density at radius 2 is 1.82 bits per heavy atom. The summed E-state index contributed by atoms with van der Waals surface area (Å²) in [5, 5.41) is 9.39. The molecule has 28 heavy (non-hydrogen) atoms. The Morgan fingerprint density at radius 3 is 2.46 bits per heavy atom. The molecule has 0 aromatic heterocycles. The van der Waals surface area contributed by atoms with Crippen LogP contribution in [0.5, 0.6) is 0 Å². The molecule has 1 amide bonds. The van der Waals surface area contributed by atoms with E-state index >= 15 is 0 Å². The van der Waals surface area contributed by atoms with Crippen molar-refractivity contribution in [1.82, 2.24) is 9.80 Å². The first kappa shape index (κ1) is 20.8. The number of nitrogens with zero attached hydrogens (tertiary/aromatic N) is 2. The number of rotatable bonds is 6. The molecule has 1 heterocycles. The molecule has 1 aliphatic carbocycles. The molecule has 1 N–H and O–H groups in total. The van der Waals surface area contributed by atoms with E-state index in [1.54, 1.807) is 12.1 Å². The second-order valence-electron chi connectivity index (χ2n) is 8.51. The molecule has 1 saturated carbocycles. The van der Waals surface area contributed by atoms with E-state index < -0.39 is 11.9 Å². The van der Waals surface area contributed by atoms with Gasteiger partial charge >= 0.3 is 5.97 Å². The molecule has 1 aromatic rings. The van der Waals surface area contributed by atoms with Crippen LogP contribution in [0, 0.1) is 17.7 Å². The number of carboxylic acid groups (broad SMARTS) is 1. The average molecular weight is 390 g/mol. The van der Waals surface area contributed by atoms with Crippen molar-refractivity contribution < 1.29 is 19.1 Å². The lowest BCUT2D eigenvalue weighted by molar-refractivity contribution is -0.146. The van der Waals surface area contributed by atoms with Gasteiger partial charge in [-0.05, 0) is 42.9 Å². The summed E-state index contributed by atoms with van der Waals surface area (Å²) in [6, 6.07) is 6.55. The van der Waals surface area contributed by atoms with Crippen LogP contribution in [0.15, 0.2) is 24.3 Å². The molecular formula is C22H31FN2O3. The summed E-state index contributed by atoms with van der Waals surface area (Å²) in [5.41, 5.74) is 0.927. The minimum Gasteiger partial charge on any atom is -0.481 e. The van der Waals surface area contributed by atoms with Crippen LogP contribution in [0.1, 0.15) is 51.0 Å². The van der Waals surface area contributed by atoms with Gasteiger partial charge in [-0.3, -0.25) is 14.5 Å². The van der Waals surface area contributed by atoms with E-state index in [0.29, 0.717) is 19.5 Å². The van der Waals surface area contributed by atoms with Gasteiger partial charge in [0.15, 0.2) is 0 Å². The topological polar surface area (TPSA) is 60.9 Å². The number of halogens is 1. The lowest BCUT2D eigenvalue weighted by Crippen LogP contribution is -2.50. The highest BCUT2D eigenvalue weighted by Crippen LogP contribution is 2.26. The van der Waals surface area contributed by atoms with Crippen molar-refractivity contribution in [2.24, 2.45) is 11.8 Å². The number of hydrogen-bond donors (Lipinski definition) is 1. The molecule has 5 nitrogen and oxygen atoms in total. The largest absolute Gasteiger partial charge is 0.481 e. The van der Waals surface area contributed by atoms with Crippen molar-refractivity contribution in [3.63, 3.8) is 0 Å². The van der Waals surface area contributed by atoms with Crippen molar-refractivity contribution in [2.75, 3.05) is 19.6 Å². The Morgan fingerprint density at radius 1 is 1.14 bits per heavy atom. The fourth-order valence-corrected chi connectivity index (χ4v) is 4.65. The molecule has 154 valence electrons. The maximum atomic E-state index is 13.2. The molecule has 1 saturated heterocycles. The van der Waals surface area contributed by atoms with Crippen LogP contribution in [0.2, 0.25) is 0 Å². The summed E-state index contributed by atoms with van der Waals surface area (Å²) >= 11 is 0. The number of piperidine rings is 1. The molecule has 1 aliphatic heterocycles. The summed E-state index contributed by atoms with van der Waals surface area (Å²) in [7, 11) is 0. The lowest BCUT2D eigenvalue weighted by Gasteiger charge is -2.38. The normalized spacial score (nSPS) is 24.1. The van der Waals surface area contributed by atoms with E-state index in [4.69, 9.17) is 0 Å². The zero-order valence-electron chi connectivity index (χ0n) is 16.6. The number of carboxylic acids is 1. The van der Waals surface area contributed by atoms with Gasteiger partial charge in [-0.25, -0.2) is 4.39 Å². The standard InChI is InChI=1S/C22H31FN2O3/c1-16-11-18(22(27)28)14-24(12-16)15-21(26)25(20-5-3-2-4-6-20)13-17-7-9-19(23)10-8-17/h7-10,16,18,20H,2-6,11-15H2,1H3,(H,27,28). The first-order valence-electron chi connectivity index (χ1n) is 10.4. The van der Waals surface area contributed by atoms with Crippen LogP contribution in [-0.4, -0.2) is 52.5 Å². The van der Waals surface area contributed by atoms with Crippen molar-refractivity contribution in [3.8, 4) is 0 Å². The molecule has 2 fully saturated rings. The molecule has 2 aliphatic rings. The van der Waals surface area contributed by atoms with Gasteiger partial charge in [-0.15, -0.1) is 0 Å². The van der Waals surface area contributed by atoms with E-state index in [0.717, 1.165) is 37.8 Å². The van der Waals surface area contributed by atoms with Crippen LogP contribution >= 0.6 is 0 Å². The molecule has 2 unspecified atom stereocenters. The number of aliphatic carboxylic acids is 1. The van der Waals surface area contributed by atoms with Crippen molar-refractivity contribution in [3.05, 3.63) is 35.6 Å². The number of carbonyl (C=O) groups excluding carboxylic acids is 1. The van der Waals surface area contributed by atoms with E-state index in [2.05, 4.69) is 0 Å². The van der Waals surface area contributed by atoms with E-state index in [-0.39, 0.29) is 30.2 Å². The first-order chi connectivity index (χ1) is 13.4. The molecule has 1 aromatic carbocycles. The third-order valence-electron chi connectivity index (χ3n) is 6.05. The molecule has 6 heteroatoms. The van der Waals surface area contributed by atoms with Crippen LogP contribution in [-0.2, 0) is 16.1 Å². The Balaban J connectivity index is 1.70. The van der Waals surface area contributed by atoms with Crippen LogP contribution < -0.4 is 0 Å². The lowest BCUT2D eigenvalue weighted by atomic mass is 9.90. The van der Waals surface area contributed by atoms with Gasteiger partial charge in [0.1, 0.15) is 5.82 Å². The quantitative estimate of drug-likeness (QED) is 0.807. The zero-order chi connectivity index (χ0) is 20.1. The van der Waals surface area contributed by atoms with Crippen molar-refractivity contribution in [1.29, 1.82) is 0 Å². The zero-order valence-corrected chi connectivity index (χ0v) is 16.6. The van der Waals surface area contributed by atoms with Gasteiger partial charge in [-0.2, -0.15) is 0 Å². The predicted molar refractivity (Wildman–Crippen MR) is 105 cm³/mol. The Kier molecular flexibility index (Phi) is 7.05. The average Bonchev–Trinajstić information content (AvgIpc) is 2.67. The summed E-state index contributed by atoms with van der Waals surface area (Å²) in [4.78, 5) is 28.6. The maximum Gasteiger partial charge on any atom is 0.307 e. The molecule has 3 rings (SSSR count). The van der Waals surface area contributed by atoms with Crippen molar-refractivity contribution >= 4 is 11.9 Å². The first-order valence-corrected chi connectivity index (χ1v) is 10.4. The highest BCUT2D eigenvalue weighted by atomic mass is 19.1. The number of benzene rings is 1. The fraction of sp³-hybridized carbons (Fsp3) is 0.636. The molecule has 0 radical (unpaired) electrons. The summed E-state index contributed by atoms with van der Waals surface area (Å²) < 4.78 is 13.2. The van der Waals surface area contributed by atoms with E-state index in [1.165, 1.54) is 18.6 Å². The summed E-state index contributed by atoms with van der Waals surface area (Å²) in [6.45, 7) is 3.97. The Hall–Kier alpha value is -1.95. The summed E-state index contributed by atoms with van der Waals surface area (Å²) in [6.07, 6.45) is 6.13. The van der Waals surface area contributed by atoms with E-state index in [9.17, 15) is 19.1 Å². The SMILES string of the molecule is CC1CC(C(=O)O)CN(CC(=O)N(Cc2ccc(F)cc2)C2CCCCC2)C1. The Labute approximate surface area is 166 Å². The summed E-state index contributed by atoms with van der Waals surface area (Å²) in [5.74, 6) is -1.14. The second-order valence-corrected chi connectivity index (χ2v) is 8.51. The van der Waals surface area contributed by atoms with Gasteiger partial charge in [0.05, 0.1) is 12.5 Å². The van der Waals surface area contributed by atoms with Gasteiger partial charge in [0, 0.05) is 25.7 Å². The molecular weight excluding hydrogens is 359 g/mol. The predicted octanol–water partition coefficient (Wildman–Crippen LogP) is 3.53. The third kappa shape index (κ3) is 5.53. The smallest absolute Gasteiger partial charge is 0.307 e. The van der Waals surface area contributed by atoms with Gasteiger partial charge in [-0.1, -0.05) is 38.3 Å². The van der Waals surface area contributed by atoms with Crippen molar-refractivity contribution in [2.45, 2.75) is 58.0 Å². The fourth-order valence-electron chi connectivity index (χ4n) is 4.65. The maximum absolute atomic E-state index is 13.2. The van der Waals surface area contributed by atoms with Gasteiger partial charge in [0.25, 0.3) is 0 Å². The second kappa shape index (κ2) is 9.50. The highest BCUT2D eigenvalue weighted by molar-refractivity contribution is 5.79. The minimum absolute atomic E-state index is 0.0504. The molecule has 0 bridgehead atoms. The molecule has 0 spiro atoms. The van der Waals surface area contributed by atoms with E-state index in [1.807, 2.05) is 16.7 Å². The number of hydrogen-bond acceptors (Lipinski definition) is 3. The third-order valence-corrected chi connectivity index (χ3v) is 6.05.